The summed E-state index contributed by atoms with van der Waals surface area (Å²) in [6, 6.07) is 14.7. The monoisotopic (exact) mass is 322 g/mol. The number of fused-ring (bicyclic) bond motifs is 1. The molecule has 120 valence electrons. The van der Waals surface area contributed by atoms with Crippen molar-refractivity contribution in [3.63, 3.8) is 0 Å². The summed E-state index contributed by atoms with van der Waals surface area (Å²) in [5.41, 5.74) is 3.13. The molecule has 0 aliphatic carbocycles. The van der Waals surface area contributed by atoms with Gasteiger partial charge in [-0.2, -0.15) is 5.10 Å². The molecule has 0 bridgehead atoms. The standard InChI is InChI=1S/C18H14N2O4/c1-11(19-20-17(22)12-5-3-2-4-6-12)15-9-13-7-8-14(21)10-16(13)24-18(15)23/h2-10,21H,1H3,(H,20,22)/b19-11+. The number of benzene rings is 2. The number of phenolic OH excluding ortho intramolecular Hbond substituents is 1. The van der Waals surface area contributed by atoms with Crippen molar-refractivity contribution in [2.75, 3.05) is 0 Å². The van der Waals surface area contributed by atoms with Gasteiger partial charge in [0.1, 0.15) is 11.3 Å². The van der Waals surface area contributed by atoms with Crippen molar-refractivity contribution in [3.05, 3.63) is 76.1 Å². The SMILES string of the molecule is C/C(=N\NC(=O)c1ccccc1)c1cc2ccc(O)cc2oc1=O. The summed E-state index contributed by atoms with van der Waals surface area (Å²) in [7, 11) is 0. The van der Waals surface area contributed by atoms with Gasteiger partial charge >= 0.3 is 5.63 Å². The smallest absolute Gasteiger partial charge is 0.345 e. The van der Waals surface area contributed by atoms with Crippen LogP contribution < -0.4 is 11.1 Å². The number of carbonyl (C=O) groups is 1. The Labute approximate surface area is 137 Å². The highest BCUT2D eigenvalue weighted by Crippen LogP contribution is 2.19. The number of hydrogen-bond acceptors (Lipinski definition) is 5. The quantitative estimate of drug-likeness (QED) is 0.440. The van der Waals surface area contributed by atoms with Crippen LogP contribution in [0.1, 0.15) is 22.8 Å². The molecule has 1 amide bonds. The summed E-state index contributed by atoms with van der Waals surface area (Å²) in [6.45, 7) is 1.60. The number of rotatable bonds is 3. The Bertz CT molecular complexity index is 991. The largest absolute Gasteiger partial charge is 0.508 e. The van der Waals surface area contributed by atoms with Crippen LogP contribution in [0.2, 0.25) is 0 Å². The van der Waals surface area contributed by atoms with Crippen LogP contribution >= 0.6 is 0 Å². The first-order chi connectivity index (χ1) is 11.5. The molecule has 0 aliphatic heterocycles. The Morgan fingerprint density at radius 1 is 1.12 bits per heavy atom. The van der Waals surface area contributed by atoms with Gasteiger partial charge in [0.15, 0.2) is 0 Å². The topological polar surface area (TPSA) is 91.9 Å². The second kappa shape index (κ2) is 6.37. The van der Waals surface area contributed by atoms with Crippen molar-refractivity contribution in [2.24, 2.45) is 5.10 Å². The van der Waals surface area contributed by atoms with E-state index >= 15 is 0 Å². The van der Waals surface area contributed by atoms with E-state index < -0.39 is 5.63 Å². The van der Waals surface area contributed by atoms with Crippen molar-refractivity contribution in [1.82, 2.24) is 5.43 Å². The van der Waals surface area contributed by atoms with E-state index in [0.717, 1.165) is 0 Å². The van der Waals surface area contributed by atoms with E-state index in [1.54, 1.807) is 43.3 Å². The van der Waals surface area contributed by atoms with Crippen LogP contribution in [0.5, 0.6) is 5.75 Å². The Kier molecular flexibility index (Phi) is 4.11. The highest BCUT2D eigenvalue weighted by atomic mass is 16.4. The first kappa shape index (κ1) is 15.5. The Morgan fingerprint density at radius 2 is 1.88 bits per heavy atom. The molecule has 0 atom stereocenters. The fourth-order valence-electron chi connectivity index (χ4n) is 2.20. The number of carbonyl (C=O) groups excluding carboxylic acids is 1. The Balaban J connectivity index is 1.89. The van der Waals surface area contributed by atoms with Gasteiger partial charge in [0.2, 0.25) is 0 Å². The van der Waals surface area contributed by atoms with Crippen LogP contribution in [-0.4, -0.2) is 16.7 Å². The zero-order valence-corrected chi connectivity index (χ0v) is 12.8. The normalized spacial score (nSPS) is 11.5. The summed E-state index contributed by atoms with van der Waals surface area (Å²) in [6.07, 6.45) is 0. The highest BCUT2D eigenvalue weighted by molar-refractivity contribution is 6.02. The number of hydrogen-bond donors (Lipinski definition) is 2. The second-order valence-electron chi connectivity index (χ2n) is 5.17. The maximum absolute atomic E-state index is 12.1. The van der Waals surface area contributed by atoms with E-state index in [9.17, 15) is 14.7 Å². The molecule has 24 heavy (non-hydrogen) atoms. The molecule has 1 aromatic heterocycles. The molecule has 2 N–H and O–H groups in total. The van der Waals surface area contributed by atoms with Crippen molar-refractivity contribution >= 4 is 22.6 Å². The predicted molar refractivity (Wildman–Crippen MR) is 90.3 cm³/mol. The molecule has 0 saturated heterocycles. The fraction of sp³-hybridized carbons (Fsp3) is 0.0556. The summed E-state index contributed by atoms with van der Waals surface area (Å²) < 4.78 is 5.18. The average molecular weight is 322 g/mol. The summed E-state index contributed by atoms with van der Waals surface area (Å²) in [5.74, 6) is -0.357. The van der Waals surface area contributed by atoms with Gasteiger partial charge in [-0.05, 0) is 37.3 Å². The zero-order valence-electron chi connectivity index (χ0n) is 12.8. The predicted octanol–water partition coefficient (Wildman–Crippen LogP) is 2.65. The minimum absolute atomic E-state index is 0.0129. The lowest BCUT2D eigenvalue weighted by Crippen LogP contribution is -2.21. The Morgan fingerprint density at radius 3 is 2.62 bits per heavy atom. The molecule has 0 fully saturated rings. The van der Waals surface area contributed by atoms with E-state index in [2.05, 4.69) is 10.5 Å². The molecular weight excluding hydrogens is 308 g/mol. The van der Waals surface area contributed by atoms with Crippen LogP contribution in [0, 0.1) is 0 Å². The van der Waals surface area contributed by atoms with E-state index in [1.807, 2.05) is 6.07 Å². The average Bonchev–Trinajstić information content (AvgIpc) is 2.59. The molecular formula is C18H14N2O4. The van der Waals surface area contributed by atoms with Crippen LogP contribution in [-0.2, 0) is 0 Å². The van der Waals surface area contributed by atoms with Gasteiger partial charge in [-0.1, -0.05) is 18.2 Å². The van der Waals surface area contributed by atoms with Gasteiger partial charge < -0.3 is 9.52 Å². The van der Waals surface area contributed by atoms with Gasteiger partial charge in [-0.3, -0.25) is 4.79 Å². The molecule has 2 aromatic carbocycles. The summed E-state index contributed by atoms with van der Waals surface area (Å²) in [4.78, 5) is 24.0. The second-order valence-corrected chi connectivity index (χ2v) is 5.17. The minimum Gasteiger partial charge on any atom is -0.508 e. The van der Waals surface area contributed by atoms with E-state index in [4.69, 9.17) is 4.42 Å². The summed E-state index contributed by atoms with van der Waals surface area (Å²) >= 11 is 0. The molecule has 1 heterocycles. The third-order valence-corrected chi connectivity index (χ3v) is 3.47. The molecule has 0 saturated carbocycles. The van der Waals surface area contributed by atoms with Gasteiger partial charge in [0, 0.05) is 17.0 Å². The van der Waals surface area contributed by atoms with Crippen LogP contribution in [0.25, 0.3) is 11.0 Å². The van der Waals surface area contributed by atoms with Gasteiger partial charge in [-0.15, -0.1) is 0 Å². The Hall–Kier alpha value is -3.41. The van der Waals surface area contributed by atoms with E-state index in [-0.39, 0.29) is 22.8 Å². The van der Waals surface area contributed by atoms with Gasteiger partial charge in [0.25, 0.3) is 5.91 Å². The lowest BCUT2D eigenvalue weighted by Gasteiger charge is -2.04. The van der Waals surface area contributed by atoms with E-state index in [1.165, 1.54) is 12.1 Å². The van der Waals surface area contributed by atoms with Crippen molar-refractivity contribution in [1.29, 1.82) is 0 Å². The number of nitrogens with zero attached hydrogens (tertiary/aromatic N) is 1. The number of nitrogens with one attached hydrogen (secondary N) is 1. The van der Waals surface area contributed by atoms with Gasteiger partial charge in [-0.25, -0.2) is 10.2 Å². The third kappa shape index (κ3) is 3.17. The number of aromatic hydroxyl groups is 1. The van der Waals surface area contributed by atoms with Crippen LogP contribution in [0.15, 0.2) is 68.9 Å². The number of amides is 1. The number of phenols is 1. The summed E-state index contributed by atoms with van der Waals surface area (Å²) in [5, 5.41) is 14.0. The molecule has 0 radical (unpaired) electrons. The molecule has 6 nitrogen and oxygen atoms in total. The minimum atomic E-state index is -0.594. The first-order valence-electron chi connectivity index (χ1n) is 7.21. The molecule has 6 heteroatoms. The van der Waals surface area contributed by atoms with Crippen molar-refractivity contribution in [3.8, 4) is 5.75 Å². The maximum Gasteiger partial charge on any atom is 0.345 e. The third-order valence-electron chi connectivity index (χ3n) is 3.47. The lowest BCUT2D eigenvalue weighted by molar-refractivity contribution is 0.0955. The molecule has 0 unspecified atom stereocenters. The lowest BCUT2D eigenvalue weighted by atomic mass is 10.1. The number of hydrazone groups is 1. The molecule has 3 aromatic rings. The van der Waals surface area contributed by atoms with Crippen molar-refractivity contribution in [2.45, 2.75) is 6.92 Å². The van der Waals surface area contributed by atoms with Crippen LogP contribution in [0.4, 0.5) is 0 Å². The molecule has 0 aliphatic rings. The van der Waals surface area contributed by atoms with Gasteiger partial charge in [0.05, 0.1) is 11.3 Å². The first-order valence-corrected chi connectivity index (χ1v) is 7.21. The fourth-order valence-corrected chi connectivity index (χ4v) is 2.20. The molecule has 3 rings (SSSR count). The van der Waals surface area contributed by atoms with E-state index in [0.29, 0.717) is 16.7 Å². The highest BCUT2D eigenvalue weighted by Gasteiger charge is 2.10. The molecule has 0 spiro atoms. The zero-order chi connectivity index (χ0) is 17.1. The van der Waals surface area contributed by atoms with Crippen molar-refractivity contribution < 1.29 is 14.3 Å². The van der Waals surface area contributed by atoms with Crippen LogP contribution in [0.3, 0.4) is 0 Å². The maximum atomic E-state index is 12.1.